The summed E-state index contributed by atoms with van der Waals surface area (Å²) in [5, 5.41) is 13.2. The molecule has 100 valence electrons. The highest BCUT2D eigenvalue weighted by Crippen LogP contribution is 2.24. The topological polar surface area (TPSA) is 32.3 Å². The van der Waals surface area contributed by atoms with E-state index in [4.69, 9.17) is 0 Å². The van der Waals surface area contributed by atoms with Gasteiger partial charge < -0.3 is 10.4 Å². The third-order valence-corrected chi connectivity index (χ3v) is 3.80. The number of aliphatic hydroxyl groups is 1. The Morgan fingerprint density at radius 3 is 2.63 bits per heavy atom. The van der Waals surface area contributed by atoms with Gasteiger partial charge in [0.1, 0.15) is 5.82 Å². The molecule has 0 aliphatic heterocycles. The van der Waals surface area contributed by atoms with Gasteiger partial charge >= 0.3 is 0 Å². The first-order chi connectivity index (χ1) is 9.06. The zero-order chi connectivity index (χ0) is 13.8. The minimum atomic E-state index is -0.630. The van der Waals surface area contributed by atoms with E-state index in [2.05, 4.69) is 37.2 Å². The van der Waals surface area contributed by atoms with Crippen molar-refractivity contribution in [2.24, 2.45) is 0 Å². The van der Waals surface area contributed by atoms with Crippen LogP contribution in [0.5, 0.6) is 0 Å². The second-order valence-electron chi connectivity index (χ2n) is 4.08. The van der Waals surface area contributed by atoms with Crippen LogP contribution in [-0.2, 0) is 0 Å². The van der Waals surface area contributed by atoms with Crippen molar-refractivity contribution in [2.45, 2.75) is 6.10 Å². The summed E-state index contributed by atoms with van der Waals surface area (Å²) in [5.74, 6) is -0.301. The fraction of sp³-hybridized carbons (Fsp3) is 0.143. The number of benzene rings is 2. The molecular formula is C14H12Br2FNO. The average Bonchev–Trinajstić information content (AvgIpc) is 2.37. The molecule has 0 fully saturated rings. The van der Waals surface area contributed by atoms with Crippen molar-refractivity contribution < 1.29 is 9.50 Å². The van der Waals surface area contributed by atoms with E-state index in [0.29, 0.717) is 11.0 Å². The molecule has 1 atom stereocenters. The van der Waals surface area contributed by atoms with Gasteiger partial charge in [0, 0.05) is 21.2 Å². The van der Waals surface area contributed by atoms with Crippen LogP contribution >= 0.6 is 31.9 Å². The average molecular weight is 389 g/mol. The summed E-state index contributed by atoms with van der Waals surface area (Å²) in [5.41, 5.74) is 1.57. The van der Waals surface area contributed by atoms with E-state index in [-0.39, 0.29) is 5.82 Å². The Bertz CT molecular complexity index is 577. The smallest absolute Gasteiger partial charge is 0.124 e. The first-order valence-electron chi connectivity index (χ1n) is 5.69. The van der Waals surface area contributed by atoms with E-state index in [1.807, 2.05) is 24.3 Å². The Hall–Kier alpha value is -0.910. The SMILES string of the molecule is OC(CNc1ccc(F)cc1Br)c1cccc(Br)c1. The van der Waals surface area contributed by atoms with E-state index in [0.717, 1.165) is 15.7 Å². The quantitative estimate of drug-likeness (QED) is 0.808. The minimum Gasteiger partial charge on any atom is -0.387 e. The number of hydrogen-bond acceptors (Lipinski definition) is 2. The fourth-order valence-corrected chi connectivity index (χ4v) is 2.58. The van der Waals surface area contributed by atoms with Crippen molar-refractivity contribution in [1.82, 2.24) is 0 Å². The summed E-state index contributed by atoms with van der Waals surface area (Å²) in [6, 6.07) is 11.9. The van der Waals surface area contributed by atoms with Gasteiger partial charge in [0.25, 0.3) is 0 Å². The molecule has 0 aliphatic rings. The summed E-state index contributed by atoms with van der Waals surface area (Å²) >= 11 is 6.64. The predicted molar refractivity (Wildman–Crippen MR) is 81.7 cm³/mol. The molecule has 0 spiro atoms. The molecule has 0 saturated heterocycles. The highest BCUT2D eigenvalue weighted by atomic mass is 79.9. The van der Waals surface area contributed by atoms with Crippen LogP contribution in [0, 0.1) is 5.82 Å². The van der Waals surface area contributed by atoms with Crippen LogP contribution in [0.25, 0.3) is 0 Å². The third kappa shape index (κ3) is 4.03. The van der Waals surface area contributed by atoms with Gasteiger partial charge in [-0.05, 0) is 51.8 Å². The van der Waals surface area contributed by atoms with E-state index in [9.17, 15) is 9.50 Å². The second kappa shape index (κ2) is 6.50. The molecule has 2 aromatic rings. The molecule has 19 heavy (non-hydrogen) atoms. The third-order valence-electron chi connectivity index (χ3n) is 2.65. The second-order valence-corrected chi connectivity index (χ2v) is 5.85. The summed E-state index contributed by atoms with van der Waals surface area (Å²) in [6.45, 7) is 0.348. The Morgan fingerprint density at radius 2 is 1.95 bits per heavy atom. The molecule has 2 aromatic carbocycles. The molecule has 1 unspecified atom stereocenters. The molecule has 0 radical (unpaired) electrons. The number of rotatable bonds is 4. The summed E-state index contributed by atoms with van der Waals surface area (Å²) in [7, 11) is 0. The van der Waals surface area contributed by atoms with E-state index >= 15 is 0 Å². The number of anilines is 1. The Balaban J connectivity index is 2.02. The van der Waals surface area contributed by atoms with Crippen LogP contribution in [0.2, 0.25) is 0 Å². The van der Waals surface area contributed by atoms with Crippen molar-refractivity contribution in [2.75, 3.05) is 11.9 Å². The lowest BCUT2D eigenvalue weighted by Gasteiger charge is -2.14. The highest BCUT2D eigenvalue weighted by Gasteiger charge is 2.09. The number of halogens is 3. The van der Waals surface area contributed by atoms with E-state index in [1.165, 1.54) is 12.1 Å². The van der Waals surface area contributed by atoms with Gasteiger partial charge in [-0.3, -0.25) is 0 Å². The number of nitrogens with one attached hydrogen (secondary N) is 1. The first-order valence-corrected chi connectivity index (χ1v) is 7.27. The molecular weight excluding hydrogens is 377 g/mol. The van der Waals surface area contributed by atoms with Crippen LogP contribution in [0.4, 0.5) is 10.1 Å². The first kappa shape index (κ1) is 14.5. The Labute approximate surface area is 127 Å². The van der Waals surface area contributed by atoms with Gasteiger partial charge in [-0.15, -0.1) is 0 Å². The van der Waals surface area contributed by atoms with Gasteiger partial charge in [-0.25, -0.2) is 4.39 Å². The van der Waals surface area contributed by atoms with Gasteiger partial charge in [-0.1, -0.05) is 28.1 Å². The van der Waals surface area contributed by atoms with Crippen LogP contribution in [-0.4, -0.2) is 11.7 Å². The maximum Gasteiger partial charge on any atom is 0.124 e. The molecule has 0 aromatic heterocycles. The molecule has 0 bridgehead atoms. The lowest BCUT2D eigenvalue weighted by molar-refractivity contribution is 0.191. The normalized spacial score (nSPS) is 12.2. The maximum atomic E-state index is 12.9. The standard InChI is InChI=1S/C14H12Br2FNO/c15-10-3-1-2-9(6-10)14(19)8-18-13-5-4-11(17)7-12(13)16/h1-7,14,18-19H,8H2. The monoisotopic (exact) mass is 387 g/mol. The molecule has 2 nitrogen and oxygen atoms in total. The van der Waals surface area contributed by atoms with Crippen LogP contribution in [0.1, 0.15) is 11.7 Å². The van der Waals surface area contributed by atoms with Crippen molar-refractivity contribution in [3.05, 3.63) is 62.8 Å². The lowest BCUT2D eigenvalue weighted by Crippen LogP contribution is -2.12. The van der Waals surface area contributed by atoms with Crippen LogP contribution in [0.3, 0.4) is 0 Å². The number of aliphatic hydroxyl groups excluding tert-OH is 1. The summed E-state index contributed by atoms with van der Waals surface area (Å²) in [4.78, 5) is 0. The number of hydrogen-bond donors (Lipinski definition) is 2. The Kier molecular flexibility index (Phi) is 4.96. The van der Waals surface area contributed by atoms with Gasteiger partial charge in [0.05, 0.1) is 6.10 Å². The van der Waals surface area contributed by atoms with Gasteiger partial charge in [0.2, 0.25) is 0 Å². The molecule has 0 heterocycles. The molecule has 0 amide bonds. The molecule has 5 heteroatoms. The van der Waals surface area contributed by atoms with Crippen molar-refractivity contribution in [3.63, 3.8) is 0 Å². The predicted octanol–water partition coefficient (Wildman–Crippen LogP) is 4.50. The van der Waals surface area contributed by atoms with E-state index < -0.39 is 6.10 Å². The molecule has 0 aliphatic carbocycles. The van der Waals surface area contributed by atoms with Gasteiger partial charge in [0.15, 0.2) is 0 Å². The Morgan fingerprint density at radius 1 is 1.16 bits per heavy atom. The molecule has 0 saturated carbocycles. The minimum absolute atomic E-state index is 0.301. The van der Waals surface area contributed by atoms with Crippen LogP contribution < -0.4 is 5.32 Å². The van der Waals surface area contributed by atoms with Crippen molar-refractivity contribution in [1.29, 1.82) is 0 Å². The fourth-order valence-electron chi connectivity index (χ4n) is 1.67. The molecule has 2 rings (SSSR count). The largest absolute Gasteiger partial charge is 0.387 e. The van der Waals surface area contributed by atoms with Crippen molar-refractivity contribution in [3.8, 4) is 0 Å². The van der Waals surface area contributed by atoms with Crippen LogP contribution in [0.15, 0.2) is 51.4 Å². The zero-order valence-electron chi connectivity index (χ0n) is 9.91. The lowest BCUT2D eigenvalue weighted by atomic mass is 10.1. The summed E-state index contributed by atoms with van der Waals surface area (Å²) in [6.07, 6.45) is -0.630. The van der Waals surface area contributed by atoms with E-state index in [1.54, 1.807) is 6.07 Å². The zero-order valence-corrected chi connectivity index (χ0v) is 13.1. The maximum absolute atomic E-state index is 12.9. The highest BCUT2D eigenvalue weighted by molar-refractivity contribution is 9.10. The van der Waals surface area contributed by atoms with Crippen molar-refractivity contribution >= 4 is 37.5 Å². The van der Waals surface area contributed by atoms with Gasteiger partial charge in [-0.2, -0.15) is 0 Å². The summed E-state index contributed by atoms with van der Waals surface area (Å²) < 4.78 is 14.5. The molecule has 2 N–H and O–H groups in total.